The number of rotatable bonds is 4. The van der Waals surface area contributed by atoms with Crippen LogP contribution < -0.4 is 5.32 Å². The Bertz CT molecular complexity index is 923. The summed E-state index contributed by atoms with van der Waals surface area (Å²) in [5.41, 5.74) is 1.24. The molecule has 3 aromatic rings. The van der Waals surface area contributed by atoms with E-state index in [1.807, 2.05) is 12.1 Å². The van der Waals surface area contributed by atoms with Crippen LogP contribution in [0.5, 0.6) is 0 Å². The van der Waals surface area contributed by atoms with Gasteiger partial charge < -0.3 is 15.5 Å². The zero-order chi connectivity index (χ0) is 19.9. The molecule has 28 heavy (non-hydrogen) atoms. The quantitative estimate of drug-likeness (QED) is 0.464. The second-order valence-electron chi connectivity index (χ2n) is 6.66. The number of fused-ring (bicyclic) bond motifs is 1. The van der Waals surface area contributed by atoms with Gasteiger partial charge in [-0.05, 0) is 24.5 Å². The first kappa shape index (κ1) is 20.4. The molecule has 0 radical (unpaired) electrons. The summed E-state index contributed by atoms with van der Waals surface area (Å²) in [6, 6.07) is 12.4. The molecule has 1 aliphatic rings. The molecule has 3 N–H and O–H groups in total. The van der Waals surface area contributed by atoms with Crippen LogP contribution in [0.3, 0.4) is 0 Å². The fourth-order valence-electron chi connectivity index (χ4n) is 3.37. The summed E-state index contributed by atoms with van der Waals surface area (Å²) in [5.74, 6) is 2.38. The van der Waals surface area contributed by atoms with Gasteiger partial charge in [0, 0.05) is 12.5 Å². The maximum atomic E-state index is 8.56. The minimum atomic E-state index is -1.83. The highest BCUT2D eigenvalue weighted by molar-refractivity contribution is 7.22. The van der Waals surface area contributed by atoms with E-state index >= 15 is 0 Å². The summed E-state index contributed by atoms with van der Waals surface area (Å²) in [7, 11) is 0. The van der Waals surface area contributed by atoms with E-state index in [1.165, 1.54) is 37.7 Å². The molecule has 4 rings (SSSR count). The Morgan fingerprint density at radius 2 is 1.82 bits per heavy atom. The number of hydrogen-bond donors (Lipinski definition) is 3. The van der Waals surface area contributed by atoms with Crippen LogP contribution in [0.25, 0.3) is 10.2 Å². The van der Waals surface area contributed by atoms with Gasteiger partial charge in [0.25, 0.3) is 0 Å². The van der Waals surface area contributed by atoms with Gasteiger partial charge in [-0.2, -0.15) is 0 Å². The highest BCUT2D eigenvalue weighted by atomic mass is 35.5. The molecular weight excluding hydrogens is 398 g/mol. The van der Waals surface area contributed by atoms with Crippen molar-refractivity contribution in [1.82, 2.24) is 9.97 Å². The van der Waals surface area contributed by atoms with E-state index in [9.17, 15) is 0 Å². The minimum absolute atomic E-state index is 0.487. The van der Waals surface area contributed by atoms with Gasteiger partial charge in [0.2, 0.25) is 0 Å². The highest BCUT2D eigenvalue weighted by Gasteiger charge is 2.21. The third kappa shape index (κ3) is 5.56. The summed E-state index contributed by atoms with van der Waals surface area (Å²) in [6.07, 6.45) is 4.46. The van der Waals surface area contributed by atoms with Crippen molar-refractivity contribution in [2.75, 3.05) is 5.32 Å². The van der Waals surface area contributed by atoms with Crippen molar-refractivity contribution in [3.8, 4) is 0 Å². The number of carboxylic acid groups (broad SMARTS) is 2. The van der Waals surface area contributed by atoms with Crippen LogP contribution >= 0.6 is 22.9 Å². The molecule has 1 aromatic carbocycles. The van der Waals surface area contributed by atoms with E-state index in [0.717, 1.165) is 32.7 Å². The molecule has 2 aromatic heterocycles. The Labute approximate surface area is 172 Å². The van der Waals surface area contributed by atoms with Gasteiger partial charge in [-0.1, -0.05) is 61.2 Å². The van der Waals surface area contributed by atoms with Crippen LogP contribution in [0, 0.1) is 0 Å². The van der Waals surface area contributed by atoms with E-state index in [0.29, 0.717) is 5.92 Å². The van der Waals surface area contributed by atoms with E-state index in [4.69, 9.17) is 36.6 Å². The first-order chi connectivity index (χ1) is 13.5. The number of aromatic nitrogens is 2. The Morgan fingerprint density at radius 3 is 2.50 bits per heavy atom. The molecule has 6 nitrogen and oxygen atoms in total. The van der Waals surface area contributed by atoms with Crippen molar-refractivity contribution >= 4 is 45.1 Å². The van der Waals surface area contributed by atoms with E-state index in [1.54, 1.807) is 11.3 Å². The van der Waals surface area contributed by atoms with Gasteiger partial charge in [0.1, 0.15) is 16.5 Å². The van der Waals surface area contributed by atoms with Crippen molar-refractivity contribution in [3.05, 3.63) is 52.1 Å². The largest absolute Gasteiger partial charge is 0.503 e. The molecule has 1 saturated carbocycles. The summed E-state index contributed by atoms with van der Waals surface area (Å²) >= 11 is 7.77. The second kappa shape index (κ2) is 9.71. The summed E-state index contributed by atoms with van der Waals surface area (Å²) < 4.78 is 0.767. The van der Waals surface area contributed by atoms with Gasteiger partial charge in [0.05, 0.1) is 9.72 Å². The Hall–Kier alpha value is -2.38. The SMILES string of the molecule is Clc1cc2c(NCc3ccccc3)nc(C3CCCCC3)nc2s1.O=C(O)O. The van der Waals surface area contributed by atoms with Gasteiger partial charge in [-0.3, -0.25) is 0 Å². The molecular formula is C20H22ClN3O3S. The van der Waals surface area contributed by atoms with Crippen molar-refractivity contribution in [2.45, 2.75) is 44.6 Å². The number of halogens is 1. The monoisotopic (exact) mass is 419 g/mol. The highest BCUT2D eigenvalue weighted by Crippen LogP contribution is 2.36. The predicted molar refractivity (Wildman–Crippen MR) is 113 cm³/mol. The average molecular weight is 420 g/mol. The van der Waals surface area contributed by atoms with Crippen molar-refractivity contribution in [3.63, 3.8) is 0 Å². The third-order valence-corrected chi connectivity index (χ3v) is 5.81. The van der Waals surface area contributed by atoms with Crippen LogP contribution in [0.4, 0.5) is 10.6 Å². The Balaban J connectivity index is 0.000000516. The average Bonchev–Trinajstić information content (AvgIpc) is 3.07. The number of carbonyl (C=O) groups is 1. The van der Waals surface area contributed by atoms with Crippen molar-refractivity contribution in [2.24, 2.45) is 0 Å². The van der Waals surface area contributed by atoms with Gasteiger partial charge in [-0.25, -0.2) is 14.8 Å². The fourth-order valence-corrected chi connectivity index (χ4v) is 4.46. The van der Waals surface area contributed by atoms with Crippen LogP contribution in [-0.2, 0) is 6.54 Å². The molecule has 0 amide bonds. The lowest BCUT2D eigenvalue weighted by atomic mass is 9.89. The first-order valence-electron chi connectivity index (χ1n) is 9.19. The lowest BCUT2D eigenvalue weighted by Gasteiger charge is -2.21. The molecule has 0 unspecified atom stereocenters. The van der Waals surface area contributed by atoms with E-state index in [2.05, 4.69) is 29.6 Å². The first-order valence-corrected chi connectivity index (χ1v) is 10.4. The van der Waals surface area contributed by atoms with Crippen LogP contribution in [0.15, 0.2) is 36.4 Å². The zero-order valence-electron chi connectivity index (χ0n) is 15.3. The van der Waals surface area contributed by atoms with E-state index in [-0.39, 0.29) is 0 Å². The van der Waals surface area contributed by atoms with Gasteiger partial charge >= 0.3 is 6.16 Å². The summed E-state index contributed by atoms with van der Waals surface area (Å²) in [5, 5.41) is 18.5. The molecule has 2 heterocycles. The number of hydrogen-bond acceptors (Lipinski definition) is 5. The Kier molecular flexibility index (Phi) is 7.06. The van der Waals surface area contributed by atoms with Crippen LogP contribution in [0.2, 0.25) is 4.34 Å². The molecule has 0 aliphatic heterocycles. The topological polar surface area (TPSA) is 95.3 Å². The summed E-state index contributed by atoms with van der Waals surface area (Å²) in [4.78, 5) is 19.2. The molecule has 0 spiro atoms. The number of benzene rings is 1. The lowest BCUT2D eigenvalue weighted by molar-refractivity contribution is 0.137. The predicted octanol–water partition coefficient (Wildman–Crippen LogP) is 6.23. The molecule has 0 bridgehead atoms. The zero-order valence-corrected chi connectivity index (χ0v) is 16.8. The maximum Gasteiger partial charge on any atom is 0.503 e. The van der Waals surface area contributed by atoms with Crippen LogP contribution in [-0.4, -0.2) is 26.3 Å². The molecule has 0 saturated heterocycles. The lowest BCUT2D eigenvalue weighted by Crippen LogP contribution is -2.11. The Morgan fingerprint density at radius 1 is 1.14 bits per heavy atom. The number of thiophene rings is 1. The maximum absolute atomic E-state index is 8.56. The third-order valence-electron chi connectivity index (χ3n) is 4.65. The number of nitrogens with zero attached hydrogens (tertiary/aromatic N) is 2. The molecule has 1 aliphatic carbocycles. The van der Waals surface area contributed by atoms with Gasteiger partial charge in [0.15, 0.2) is 0 Å². The van der Waals surface area contributed by atoms with Gasteiger partial charge in [-0.15, -0.1) is 11.3 Å². The standard InChI is InChI=1S/C19H20ClN3S.CH2O3/c20-16-11-15-18(21-12-13-7-3-1-4-8-13)22-17(23-19(15)24-16)14-9-5-2-6-10-14;2-1(3)4/h1,3-4,7-8,11,14H,2,5-6,9-10,12H2,(H,21,22,23);(H2,2,3,4). The van der Waals surface area contributed by atoms with E-state index < -0.39 is 6.16 Å². The molecule has 148 valence electrons. The number of nitrogens with one attached hydrogen (secondary N) is 1. The molecule has 1 fully saturated rings. The minimum Gasteiger partial charge on any atom is -0.450 e. The van der Waals surface area contributed by atoms with Crippen LogP contribution in [0.1, 0.15) is 49.4 Å². The molecule has 0 atom stereocenters. The fraction of sp³-hybridized carbons (Fsp3) is 0.350. The molecule has 8 heteroatoms. The summed E-state index contributed by atoms with van der Waals surface area (Å²) in [6.45, 7) is 0.754. The second-order valence-corrected chi connectivity index (χ2v) is 8.32. The number of anilines is 1. The normalized spacial score (nSPS) is 14.3. The smallest absolute Gasteiger partial charge is 0.450 e. The van der Waals surface area contributed by atoms with Crippen molar-refractivity contribution in [1.29, 1.82) is 0 Å². The van der Waals surface area contributed by atoms with Crippen molar-refractivity contribution < 1.29 is 15.0 Å².